The number of aliphatic hydroxyl groups is 1. The molecule has 0 radical (unpaired) electrons. The highest BCUT2D eigenvalue weighted by Crippen LogP contribution is 2.14. The number of carbonyl (C=O) groups excluding carboxylic acids is 2. The van der Waals surface area contributed by atoms with Crippen molar-refractivity contribution in [3.05, 3.63) is 24.3 Å². The van der Waals surface area contributed by atoms with E-state index in [4.69, 9.17) is 28.4 Å². The Morgan fingerprint density at radius 2 is 0.742 bits per heavy atom. The van der Waals surface area contributed by atoms with Gasteiger partial charge in [0.2, 0.25) is 0 Å². The SMILES string of the molecule is CC/C=C\CCCCOC(CCC(=O)OCCCCCCCN(CCO)CCCCCCCOC(=O)CCC(OCCCCCCCC)OCCCCCCCC)OCCCC/C=C\CC. The number of allylic oxidation sites excluding steroid dienone is 4. The van der Waals surface area contributed by atoms with Crippen molar-refractivity contribution in [2.24, 2.45) is 0 Å². The molecule has 0 bridgehead atoms. The molecular weight excluding hydrogens is 831 g/mol. The van der Waals surface area contributed by atoms with Crippen molar-refractivity contribution >= 4 is 11.9 Å². The molecule has 1 N–H and O–H groups in total. The van der Waals surface area contributed by atoms with Crippen LogP contribution in [0.4, 0.5) is 0 Å². The summed E-state index contributed by atoms with van der Waals surface area (Å²) in [7, 11) is 0. The zero-order chi connectivity index (χ0) is 48.1. The van der Waals surface area contributed by atoms with Gasteiger partial charge in [-0.05, 0) is 103 Å². The monoisotopic (exact) mass is 938 g/mol. The number of esters is 2. The third-order valence-electron chi connectivity index (χ3n) is 11.9. The fourth-order valence-corrected chi connectivity index (χ4v) is 7.75. The third kappa shape index (κ3) is 48.6. The molecule has 0 aliphatic rings. The standard InChI is InChI=1S/C56H107NO9/c1-5-9-13-17-25-35-49-63-55(64-50-36-26-18-14-10-6-2)41-39-53(59)61-47-33-29-21-23-31-43-57(45-46-58)44-32-24-22-30-34-48-62-54(60)40-42-56(65-51-37-27-19-15-11-7-3)66-52-38-28-20-16-12-8-4/h9-10,13-14,55-56,58H,5-8,11-12,15-52H2,1-4H3/b13-9-,14-10-. The molecule has 0 spiro atoms. The Morgan fingerprint density at radius 3 is 1.11 bits per heavy atom. The van der Waals surface area contributed by atoms with Crippen molar-refractivity contribution in [1.29, 1.82) is 0 Å². The molecule has 0 fully saturated rings. The number of carbonyl (C=O) groups is 2. The average Bonchev–Trinajstić information content (AvgIpc) is 3.32. The molecule has 10 nitrogen and oxygen atoms in total. The first kappa shape index (κ1) is 64.2. The number of hydrogen-bond acceptors (Lipinski definition) is 10. The first-order valence-corrected chi connectivity index (χ1v) is 27.9. The molecule has 0 aromatic carbocycles. The molecule has 10 heteroatoms. The Labute approximate surface area is 407 Å². The van der Waals surface area contributed by atoms with Crippen molar-refractivity contribution in [3.63, 3.8) is 0 Å². The van der Waals surface area contributed by atoms with E-state index < -0.39 is 0 Å². The highest BCUT2D eigenvalue weighted by Gasteiger charge is 2.15. The molecule has 0 amide bonds. The van der Waals surface area contributed by atoms with Gasteiger partial charge in [-0.1, -0.05) is 155 Å². The van der Waals surface area contributed by atoms with Crippen LogP contribution in [0.15, 0.2) is 24.3 Å². The molecule has 0 aromatic heterocycles. The zero-order valence-electron chi connectivity index (χ0n) is 43.7. The van der Waals surface area contributed by atoms with E-state index in [-0.39, 0.29) is 31.1 Å². The average molecular weight is 938 g/mol. The van der Waals surface area contributed by atoms with Gasteiger partial charge in [-0.2, -0.15) is 0 Å². The predicted octanol–water partition coefficient (Wildman–Crippen LogP) is 14.5. The second-order valence-electron chi connectivity index (χ2n) is 18.2. The van der Waals surface area contributed by atoms with E-state index in [0.29, 0.717) is 71.9 Å². The number of hydrogen-bond donors (Lipinski definition) is 1. The Balaban J connectivity index is 4.15. The van der Waals surface area contributed by atoms with Crippen LogP contribution in [0.3, 0.4) is 0 Å². The van der Waals surface area contributed by atoms with Gasteiger partial charge in [-0.3, -0.25) is 9.59 Å². The van der Waals surface area contributed by atoms with Gasteiger partial charge >= 0.3 is 11.9 Å². The van der Waals surface area contributed by atoms with Crippen LogP contribution in [0.5, 0.6) is 0 Å². The highest BCUT2D eigenvalue weighted by atomic mass is 16.7. The first-order chi connectivity index (χ1) is 32.5. The van der Waals surface area contributed by atoms with E-state index >= 15 is 0 Å². The van der Waals surface area contributed by atoms with Crippen LogP contribution in [0.2, 0.25) is 0 Å². The Bertz CT molecular complexity index is 1010. The molecular formula is C56H107NO9. The minimum Gasteiger partial charge on any atom is -0.466 e. The largest absolute Gasteiger partial charge is 0.466 e. The van der Waals surface area contributed by atoms with Crippen LogP contribution < -0.4 is 0 Å². The maximum atomic E-state index is 12.5. The minimum absolute atomic E-state index is 0.157. The number of nitrogens with zero attached hydrogens (tertiary/aromatic N) is 1. The predicted molar refractivity (Wildman–Crippen MR) is 275 cm³/mol. The third-order valence-corrected chi connectivity index (χ3v) is 11.9. The minimum atomic E-state index is -0.362. The summed E-state index contributed by atoms with van der Waals surface area (Å²) in [4.78, 5) is 27.4. The summed E-state index contributed by atoms with van der Waals surface area (Å²) in [5.74, 6) is -0.330. The first-order valence-electron chi connectivity index (χ1n) is 27.9. The number of unbranched alkanes of at least 4 members (excludes halogenated alkanes) is 22. The van der Waals surface area contributed by atoms with Crippen LogP contribution >= 0.6 is 0 Å². The lowest BCUT2D eigenvalue weighted by Gasteiger charge is -2.21. The van der Waals surface area contributed by atoms with E-state index in [1.807, 2.05) is 0 Å². The summed E-state index contributed by atoms with van der Waals surface area (Å²) < 4.78 is 35.4. The fraction of sp³-hybridized carbons (Fsp3) is 0.893. The Hall–Kier alpha value is -1.82. The summed E-state index contributed by atoms with van der Waals surface area (Å²) in [6.07, 6.45) is 43.6. The molecule has 0 aliphatic carbocycles. The van der Waals surface area contributed by atoms with E-state index in [0.717, 1.165) is 142 Å². The molecule has 0 heterocycles. The highest BCUT2D eigenvalue weighted by molar-refractivity contribution is 5.69. The van der Waals surface area contributed by atoms with Crippen molar-refractivity contribution < 1.29 is 43.1 Å². The van der Waals surface area contributed by atoms with Gasteiger partial charge in [0, 0.05) is 45.8 Å². The molecule has 0 saturated heterocycles. The van der Waals surface area contributed by atoms with E-state index in [1.165, 1.54) is 64.2 Å². The smallest absolute Gasteiger partial charge is 0.305 e. The lowest BCUT2D eigenvalue weighted by Crippen LogP contribution is -2.29. The fourth-order valence-electron chi connectivity index (χ4n) is 7.75. The van der Waals surface area contributed by atoms with E-state index in [1.54, 1.807) is 0 Å². The van der Waals surface area contributed by atoms with Crippen LogP contribution in [0, 0.1) is 0 Å². The van der Waals surface area contributed by atoms with Crippen molar-refractivity contribution in [2.45, 2.75) is 259 Å². The molecule has 0 unspecified atom stereocenters. The van der Waals surface area contributed by atoms with Gasteiger partial charge in [-0.15, -0.1) is 0 Å². The molecule has 0 rings (SSSR count). The van der Waals surface area contributed by atoms with Gasteiger partial charge < -0.3 is 38.4 Å². The molecule has 0 atom stereocenters. The summed E-state index contributed by atoms with van der Waals surface area (Å²) >= 11 is 0. The second kappa shape index (κ2) is 54.1. The van der Waals surface area contributed by atoms with Crippen LogP contribution in [-0.2, 0) is 38.0 Å². The van der Waals surface area contributed by atoms with E-state index in [9.17, 15) is 14.7 Å². The molecule has 66 heavy (non-hydrogen) atoms. The van der Waals surface area contributed by atoms with Crippen molar-refractivity contribution in [2.75, 3.05) is 65.9 Å². The molecule has 390 valence electrons. The normalized spacial score (nSPS) is 12.0. The van der Waals surface area contributed by atoms with Gasteiger partial charge in [0.1, 0.15) is 0 Å². The quantitative estimate of drug-likeness (QED) is 0.0274. The maximum absolute atomic E-state index is 12.5. The summed E-state index contributed by atoms with van der Waals surface area (Å²) in [5.41, 5.74) is 0. The van der Waals surface area contributed by atoms with E-state index in [2.05, 4.69) is 56.9 Å². The topological polar surface area (TPSA) is 113 Å². The molecule has 0 saturated carbocycles. The number of ether oxygens (including phenoxy) is 6. The van der Waals surface area contributed by atoms with Crippen LogP contribution in [0.1, 0.15) is 246 Å². The van der Waals surface area contributed by atoms with Gasteiger partial charge in [0.25, 0.3) is 0 Å². The lowest BCUT2D eigenvalue weighted by molar-refractivity contribution is -0.159. The Kier molecular flexibility index (Phi) is 52.6. The van der Waals surface area contributed by atoms with Crippen LogP contribution in [0.25, 0.3) is 0 Å². The summed E-state index contributed by atoms with van der Waals surface area (Å²) in [5, 5.41) is 9.63. The number of aliphatic hydroxyl groups excluding tert-OH is 1. The second-order valence-corrected chi connectivity index (χ2v) is 18.2. The number of rotatable bonds is 54. The lowest BCUT2D eigenvalue weighted by atomic mass is 10.1. The molecule has 0 aromatic rings. The Morgan fingerprint density at radius 1 is 0.409 bits per heavy atom. The van der Waals surface area contributed by atoms with Crippen LogP contribution in [-0.4, -0.2) is 100 Å². The maximum Gasteiger partial charge on any atom is 0.305 e. The molecule has 0 aliphatic heterocycles. The van der Waals surface area contributed by atoms with Gasteiger partial charge in [0.15, 0.2) is 12.6 Å². The van der Waals surface area contributed by atoms with Gasteiger partial charge in [0.05, 0.1) is 32.7 Å². The van der Waals surface area contributed by atoms with Crippen molar-refractivity contribution in [3.8, 4) is 0 Å². The van der Waals surface area contributed by atoms with Crippen molar-refractivity contribution in [1.82, 2.24) is 4.90 Å². The summed E-state index contributed by atoms with van der Waals surface area (Å²) in [6.45, 7) is 15.3. The zero-order valence-corrected chi connectivity index (χ0v) is 43.7. The summed E-state index contributed by atoms with van der Waals surface area (Å²) in [6, 6.07) is 0. The van der Waals surface area contributed by atoms with Gasteiger partial charge in [-0.25, -0.2) is 0 Å².